The minimum absolute atomic E-state index is 0.0554. The van der Waals surface area contributed by atoms with Crippen molar-refractivity contribution in [1.29, 1.82) is 0 Å². The van der Waals surface area contributed by atoms with Crippen molar-refractivity contribution in [3.8, 4) is 5.75 Å². The first-order chi connectivity index (χ1) is 9.88. The fourth-order valence-corrected chi connectivity index (χ4v) is 3.37. The van der Waals surface area contributed by atoms with E-state index in [0.717, 1.165) is 28.0 Å². The molecule has 0 aliphatic carbocycles. The van der Waals surface area contributed by atoms with Gasteiger partial charge in [-0.3, -0.25) is 0 Å². The van der Waals surface area contributed by atoms with Crippen LogP contribution in [0.5, 0.6) is 5.75 Å². The normalized spacial score (nSPS) is 17.2. The third kappa shape index (κ3) is 2.60. The maximum atomic E-state index is 6.49. The molecule has 1 aliphatic heterocycles. The van der Waals surface area contributed by atoms with Gasteiger partial charge in [-0.25, -0.2) is 0 Å². The molecule has 110 valence electrons. The zero-order chi connectivity index (χ0) is 15.2. The molecule has 2 aromatic rings. The van der Waals surface area contributed by atoms with Gasteiger partial charge in [0, 0.05) is 15.5 Å². The summed E-state index contributed by atoms with van der Waals surface area (Å²) in [5.41, 5.74) is 11.3. The van der Waals surface area contributed by atoms with E-state index in [4.69, 9.17) is 10.5 Å². The molecule has 0 bridgehead atoms. The molecule has 0 spiro atoms. The number of halogens is 1. The number of rotatable bonds is 2. The molecule has 0 amide bonds. The summed E-state index contributed by atoms with van der Waals surface area (Å²) in [7, 11) is 0. The molecule has 1 aliphatic rings. The third-order valence-electron chi connectivity index (χ3n) is 4.25. The Morgan fingerprint density at radius 3 is 2.67 bits per heavy atom. The van der Waals surface area contributed by atoms with Gasteiger partial charge in [0.1, 0.15) is 5.75 Å². The molecule has 0 aromatic heterocycles. The highest BCUT2D eigenvalue weighted by atomic mass is 79.9. The van der Waals surface area contributed by atoms with Gasteiger partial charge in [-0.15, -0.1) is 0 Å². The number of hydrogen-bond acceptors (Lipinski definition) is 2. The summed E-state index contributed by atoms with van der Waals surface area (Å²) in [5, 5.41) is 0. The molecule has 0 radical (unpaired) electrons. The van der Waals surface area contributed by atoms with E-state index in [-0.39, 0.29) is 11.5 Å². The molecule has 2 aromatic carbocycles. The van der Waals surface area contributed by atoms with Crippen LogP contribution >= 0.6 is 15.9 Å². The Labute approximate surface area is 134 Å². The van der Waals surface area contributed by atoms with Gasteiger partial charge >= 0.3 is 0 Å². The van der Waals surface area contributed by atoms with Gasteiger partial charge in [-0.1, -0.05) is 41.9 Å². The second kappa shape index (κ2) is 5.15. The Balaban J connectivity index is 2.01. The second-order valence-corrected chi connectivity index (χ2v) is 7.32. The van der Waals surface area contributed by atoms with Crippen LogP contribution in [0.25, 0.3) is 0 Å². The van der Waals surface area contributed by atoms with Crippen LogP contribution in [0.1, 0.15) is 42.1 Å². The maximum absolute atomic E-state index is 6.49. The Morgan fingerprint density at radius 2 is 1.95 bits per heavy atom. The van der Waals surface area contributed by atoms with Crippen molar-refractivity contribution >= 4 is 15.9 Å². The van der Waals surface area contributed by atoms with Gasteiger partial charge in [0.25, 0.3) is 0 Å². The molecular formula is C18H20BrNO. The molecule has 3 rings (SSSR count). The zero-order valence-corrected chi connectivity index (χ0v) is 14.2. The average Bonchev–Trinajstić information content (AvgIpc) is 2.74. The second-order valence-electron chi connectivity index (χ2n) is 6.41. The number of aryl methyl sites for hydroxylation is 1. The van der Waals surface area contributed by atoms with Gasteiger partial charge in [0.15, 0.2) is 0 Å². The van der Waals surface area contributed by atoms with Crippen molar-refractivity contribution in [3.05, 3.63) is 63.1 Å². The number of fused-ring (bicyclic) bond motifs is 1. The average molecular weight is 346 g/mol. The first kappa shape index (κ1) is 14.6. The summed E-state index contributed by atoms with van der Waals surface area (Å²) >= 11 is 3.50. The van der Waals surface area contributed by atoms with Crippen molar-refractivity contribution in [2.75, 3.05) is 6.61 Å². The molecule has 1 unspecified atom stereocenters. The largest absolute Gasteiger partial charge is 0.492 e. The number of nitrogens with two attached hydrogens (primary N) is 1. The highest BCUT2D eigenvalue weighted by Gasteiger charge is 2.32. The van der Waals surface area contributed by atoms with E-state index in [1.54, 1.807) is 0 Å². The van der Waals surface area contributed by atoms with Crippen LogP contribution in [0.3, 0.4) is 0 Å². The number of ether oxygens (including phenoxy) is 1. The quantitative estimate of drug-likeness (QED) is 0.870. The maximum Gasteiger partial charge on any atom is 0.123 e. The summed E-state index contributed by atoms with van der Waals surface area (Å²) in [6, 6.07) is 12.5. The molecule has 1 heterocycles. The van der Waals surface area contributed by atoms with Crippen molar-refractivity contribution in [1.82, 2.24) is 0 Å². The Morgan fingerprint density at radius 1 is 1.19 bits per heavy atom. The van der Waals surface area contributed by atoms with Crippen LogP contribution in [0, 0.1) is 6.92 Å². The first-order valence-corrected chi connectivity index (χ1v) is 7.97. The smallest absolute Gasteiger partial charge is 0.123 e. The lowest BCUT2D eigenvalue weighted by Crippen LogP contribution is -2.19. The van der Waals surface area contributed by atoms with Crippen LogP contribution in [0.4, 0.5) is 0 Å². The summed E-state index contributed by atoms with van der Waals surface area (Å²) in [6.45, 7) is 7.25. The standard InChI is InChI=1S/C18H20BrNO/c1-11-8-13(19)5-6-14(11)17(20)12-4-7-16-15(9-12)18(2,3)10-21-16/h4-9,17H,10,20H2,1-3H3. The minimum atomic E-state index is -0.111. The van der Waals surface area contributed by atoms with Crippen LogP contribution < -0.4 is 10.5 Å². The van der Waals surface area contributed by atoms with E-state index in [2.05, 4.69) is 61.0 Å². The van der Waals surface area contributed by atoms with E-state index in [0.29, 0.717) is 0 Å². The summed E-state index contributed by atoms with van der Waals surface area (Å²) in [6.07, 6.45) is 0. The highest BCUT2D eigenvalue weighted by molar-refractivity contribution is 9.10. The zero-order valence-electron chi connectivity index (χ0n) is 12.6. The summed E-state index contributed by atoms with van der Waals surface area (Å²) in [5.74, 6) is 0.989. The van der Waals surface area contributed by atoms with Gasteiger partial charge < -0.3 is 10.5 Å². The van der Waals surface area contributed by atoms with E-state index < -0.39 is 0 Å². The molecule has 0 fully saturated rings. The summed E-state index contributed by atoms with van der Waals surface area (Å²) in [4.78, 5) is 0. The molecule has 1 atom stereocenters. The molecule has 2 nitrogen and oxygen atoms in total. The van der Waals surface area contributed by atoms with Crippen molar-refractivity contribution in [2.45, 2.75) is 32.2 Å². The van der Waals surface area contributed by atoms with Gasteiger partial charge in [-0.05, 0) is 47.9 Å². The van der Waals surface area contributed by atoms with Gasteiger partial charge in [-0.2, -0.15) is 0 Å². The predicted molar refractivity (Wildman–Crippen MR) is 89.9 cm³/mol. The molecule has 21 heavy (non-hydrogen) atoms. The van der Waals surface area contributed by atoms with E-state index in [1.807, 2.05) is 12.1 Å². The summed E-state index contributed by atoms with van der Waals surface area (Å²) < 4.78 is 6.83. The van der Waals surface area contributed by atoms with E-state index in [9.17, 15) is 0 Å². The van der Waals surface area contributed by atoms with E-state index >= 15 is 0 Å². The Hall–Kier alpha value is -1.32. The lowest BCUT2D eigenvalue weighted by molar-refractivity contribution is 0.291. The Bertz CT molecular complexity index is 694. The molecule has 2 N–H and O–H groups in total. The van der Waals surface area contributed by atoms with Crippen LogP contribution in [0.15, 0.2) is 40.9 Å². The monoisotopic (exact) mass is 345 g/mol. The fraction of sp³-hybridized carbons (Fsp3) is 0.333. The fourth-order valence-electron chi connectivity index (χ4n) is 2.90. The molecule has 0 saturated carbocycles. The van der Waals surface area contributed by atoms with Crippen LogP contribution in [-0.2, 0) is 5.41 Å². The number of hydrogen-bond donors (Lipinski definition) is 1. The minimum Gasteiger partial charge on any atom is -0.492 e. The predicted octanol–water partition coefficient (Wildman–Crippen LogP) is 4.48. The van der Waals surface area contributed by atoms with Crippen LogP contribution in [-0.4, -0.2) is 6.61 Å². The van der Waals surface area contributed by atoms with Crippen LogP contribution in [0.2, 0.25) is 0 Å². The lowest BCUT2D eigenvalue weighted by atomic mass is 9.84. The van der Waals surface area contributed by atoms with Crippen molar-refractivity contribution in [2.24, 2.45) is 5.73 Å². The Kier molecular flexibility index (Phi) is 3.58. The molecule has 0 saturated heterocycles. The van der Waals surface area contributed by atoms with Gasteiger partial charge in [0.2, 0.25) is 0 Å². The molecule has 3 heteroatoms. The molecular weight excluding hydrogens is 326 g/mol. The lowest BCUT2D eigenvalue weighted by Gasteiger charge is -2.19. The van der Waals surface area contributed by atoms with E-state index in [1.165, 1.54) is 11.1 Å². The van der Waals surface area contributed by atoms with Crippen molar-refractivity contribution < 1.29 is 4.74 Å². The SMILES string of the molecule is Cc1cc(Br)ccc1C(N)c1ccc2c(c1)C(C)(C)CO2. The topological polar surface area (TPSA) is 35.2 Å². The third-order valence-corrected chi connectivity index (χ3v) is 4.74. The highest BCUT2D eigenvalue weighted by Crippen LogP contribution is 2.40. The van der Waals surface area contributed by atoms with Gasteiger partial charge in [0.05, 0.1) is 12.6 Å². The van der Waals surface area contributed by atoms with Crippen molar-refractivity contribution in [3.63, 3.8) is 0 Å². The number of benzene rings is 2. The first-order valence-electron chi connectivity index (χ1n) is 7.17.